The lowest BCUT2D eigenvalue weighted by Gasteiger charge is -2.16. The molecule has 1 atom stereocenters. The molecular formula is C12H21N3O2. The third-order valence-electron chi connectivity index (χ3n) is 2.56. The Morgan fingerprint density at radius 1 is 1.59 bits per heavy atom. The molecule has 1 amide bonds. The Morgan fingerprint density at radius 2 is 2.35 bits per heavy atom. The van der Waals surface area contributed by atoms with E-state index in [1.54, 1.807) is 12.3 Å². The molecule has 0 unspecified atom stereocenters. The van der Waals surface area contributed by atoms with Crippen molar-refractivity contribution in [1.29, 1.82) is 0 Å². The lowest BCUT2D eigenvalue weighted by atomic mass is 9.94. The maximum atomic E-state index is 11.7. The van der Waals surface area contributed by atoms with Gasteiger partial charge in [0.2, 0.25) is 5.91 Å². The quantitative estimate of drug-likeness (QED) is 0.751. The van der Waals surface area contributed by atoms with Crippen molar-refractivity contribution in [1.82, 2.24) is 10.5 Å². The molecule has 1 aromatic rings. The zero-order valence-electron chi connectivity index (χ0n) is 10.5. The average Bonchev–Trinajstić information content (AvgIpc) is 2.77. The number of rotatable bonds is 7. The molecule has 5 heteroatoms. The summed E-state index contributed by atoms with van der Waals surface area (Å²) in [6, 6.07) is 1.73. The molecular weight excluding hydrogens is 218 g/mol. The van der Waals surface area contributed by atoms with Crippen molar-refractivity contribution >= 4 is 5.91 Å². The Morgan fingerprint density at radius 3 is 2.88 bits per heavy atom. The molecule has 5 nitrogen and oxygen atoms in total. The molecule has 1 rings (SSSR count). The minimum absolute atomic E-state index is 0.0116. The van der Waals surface area contributed by atoms with E-state index >= 15 is 0 Å². The fraction of sp³-hybridized carbons (Fsp3) is 0.667. The van der Waals surface area contributed by atoms with Crippen LogP contribution in [-0.4, -0.2) is 17.6 Å². The van der Waals surface area contributed by atoms with Gasteiger partial charge in [0.15, 0.2) is 5.76 Å². The maximum Gasteiger partial charge on any atom is 0.220 e. The van der Waals surface area contributed by atoms with Crippen molar-refractivity contribution in [3.05, 3.63) is 18.0 Å². The Kier molecular flexibility index (Phi) is 5.69. The van der Waals surface area contributed by atoms with E-state index in [1.807, 2.05) is 0 Å². The van der Waals surface area contributed by atoms with E-state index in [2.05, 4.69) is 24.3 Å². The van der Waals surface area contributed by atoms with E-state index in [1.165, 1.54) is 0 Å². The van der Waals surface area contributed by atoms with Gasteiger partial charge in [-0.3, -0.25) is 4.79 Å². The van der Waals surface area contributed by atoms with E-state index < -0.39 is 0 Å². The highest BCUT2D eigenvalue weighted by molar-refractivity contribution is 5.76. The Bertz CT molecular complexity index is 323. The molecule has 0 aliphatic heterocycles. The predicted octanol–water partition coefficient (Wildman–Crippen LogP) is 1.30. The summed E-state index contributed by atoms with van der Waals surface area (Å²) in [5, 5.41) is 6.37. The van der Waals surface area contributed by atoms with E-state index in [4.69, 9.17) is 10.3 Å². The van der Waals surface area contributed by atoms with Gasteiger partial charge in [-0.2, -0.15) is 0 Å². The number of nitrogens with zero attached hydrogens (tertiary/aromatic N) is 1. The molecule has 1 aromatic heterocycles. The summed E-state index contributed by atoms with van der Waals surface area (Å²) in [4.78, 5) is 11.7. The monoisotopic (exact) mass is 239 g/mol. The fourth-order valence-corrected chi connectivity index (χ4v) is 1.78. The van der Waals surface area contributed by atoms with Crippen LogP contribution in [0.5, 0.6) is 0 Å². The maximum absolute atomic E-state index is 11.7. The van der Waals surface area contributed by atoms with Crippen LogP contribution in [0, 0.1) is 11.8 Å². The Balaban J connectivity index is 2.27. The molecule has 0 aliphatic carbocycles. The van der Waals surface area contributed by atoms with Crippen LogP contribution in [0.3, 0.4) is 0 Å². The zero-order valence-corrected chi connectivity index (χ0v) is 10.5. The number of hydrogen-bond acceptors (Lipinski definition) is 4. The van der Waals surface area contributed by atoms with Crippen LogP contribution in [0.2, 0.25) is 0 Å². The van der Waals surface area contributed by atoms with Gasteiger partial charge in [-0.25, -0.2) is 0 Å². The zero-order chi connectivity index (χ0) is 12.7. The summed E-state index contributed by atoms with van der Waals surface area (Å²) in [6.07, 6.45) is 3.01. The van der Waals surface area contributed by atoms with Gasteiger partial charge in [0.05, 0.1) is 12.7 Å². The molecule has 0 fully saturated rings. The van der Waals surface area contributed by atoms with Crippen LogP contribution in [0.25, 0.3) is 0 Å². The van der Waals surface area contributed by atoms with Crippen molar-refractivity contribution in [2.75, 3.05) is 6.54 Å². The van der Waals surface area contributed by atoms with Crippen LogP contribution < -0.4 is 11.1 Å². The van der Waals surface area contributed by atoms with Gasteiger partial charge in [0, 0.05) is 12.5 Å². The summed E-state index contributed by atoms with van der Waals surface area (Å²) in [7, 11) is 0. The highest BCUT2D eigenvalue weighted by Gasteiger charge is 2.14. The fourth-order valence-electron chi connectivity index (χ4n) is 1.78. The molecule has 1 heterocycles. The van der Waals surface area contributed by atoms with Gasteiger partial charge < -0.3 is 15.6 Å². The van der Waals surface area contributed by atoms with Crippen LogP contribution in [0.1, 0.15) is 32.4 Å². The van der Waals surface area contributed by atoms with Crippen LogP contribution >= 0.6 is 0 Å². The second kappa shape index (κ2) is 7.06. The van der Waals surface area contributed by atoms with Crippen LogP contribution in [-0.2, 0) is 11.3 Å². The summed E-state index contributed by atoms with van der Waals surface area (Å²) in [6.45, 7) is 5.20. The second-order valence-corrected chi connectivity index (χ2v) is 4.69. The van der Waals surface area contributed by atoms with Crippen molar-refractivity contribution in [2.45, 2.75) is 33.2 Å². The first-order chi connectivity index (χ1) is 8.11. The third kappa shape index (κ3) is 5.49. The number of amides is 1. The van der Waals surface area contributed by atoms with Gasteiger partial charge in [0.25, 0.3) is 0 Å². The summed E-state index contributed by atoms with van der Waals surface area (Å²) in [5.74, 6) is 1.49. The van der Waals surface area contributed by atoms with E-state index in [9.17, 15) is 4.79 Å². The van der Waals surface area contributed by atoms with E-state index in [0.717, 1.165) is 6.42 Å². The summed E-state index contributed by atoms with van der Waals surface area (Å²) >= 11 is 0. The first-order valence-corrected chi connectivity index (χ1v) is 5.98. The molecule has 0 bridgehead atoms. The van der Waals surface area contributed by atoms with Crippen molar-refractivity contribution < 1.29 is 9.32 Å². The highest BCUT2D eigenvalue weighted by atomic mass is 16.5. The van der Waals surface area contributed by atoms with Crippen LogP contribution in [0.15, 0.2) is 16.8 Å². The number of carbonyl (C=O) groups excluding carboxylic acids is 1. The number of aromatic nitrogens is 1. The molecule has 17 heavy (non-hydrogen) atoms. The molecule has 96 valence electrons. The molecule has 0 saturated carbocycles. The molecule has 0 aliphatic rings. The van der Waals surface area contributed by atoms with Crippen molar-refractivity contribution in [2.24, 2.45) is 17.6 Å². The standard InChI is InChI=1S/C12H21N3O2/c1-9(2)5-10(7-13)6-12(16)14-8-11-3-4-15-17-11/h3-4,9-10H,5-8,13H2,1-2H3,(H,14,16)/t10-/m0/s1. The molecule has 0 aromatic carbocycles. The van der Waals surface area contributed by atoms with Crippen LogP contribution in [0.4, 0.5) is 0 Å². The van der Waals surface area contributed by atoms with Crippen molar-refractivity contribution in [3.63, 3.8) is 0 Å². The molecule has 0 spiro atoms. The van der Waals surface area contributed by atoms with Gasteiger partial charge in [-0.05, 0) is 24.8 Å². The van der Waals surface area contributed by atoms with Crippen molar-refractivity contribution in [3.8, 4) is 0 Å². The number of nitrogens with one attached hydrogen (secondary N) is 1. The van der Waals surface area contributed by atoms with E-state index in [-0.39, 0.29) is 11.8 Å². The lowest BCUT2D eigenvalue weighted by Crippen LogP contribution is -2.28. The van der Waals surface area contributed by atoms with Gasteiger partial charge in [-0.1, -0.05) is 19.0 Å². The first kappa shape index (κ1) is 13.7. The van der Waals surface area contributed by atoms with Gasteiger partial charge in [-0.15, -0.1) is 0 Å². The third-order valence-corrected chi connectivity index (χ3v) is 2.56. The van der Waals surface area contributed by atoms with Gasteiger partial charge >= 0.3 is 0 Å². The summed E-state index contributed by atoms with van der Waals surface area (Å²) in [5.41, 5.74) is 5.65. The highest BCUT2D eigenvalue weighted by Crippen LogP contribution is 2.14. The normalized spacial score (nSPS) is 12.7. The minimum Gasteiger partial charge on any atom is -0.360 e. The first-order valence-electron chi connectivity index (χ1n) is 5.98. The number of nitrogens with two attached hydrogens (primary N) is 1. The largest absolute Gasteiger partial charge is 0.360 e. The molecule has 0 radical (unpaired) electrons. The Hall–Kier alpha value is -1.36. The molecule has 0 saturated heterocycles. The SMILES string of the molecule is CC(C)C[C@H](CN)CC(=O)NCc1ccno1. The lowest BCUT2D eigenvalue weighted by molar-refractivity contribution is -0.122. The topological polar surface area (TPSA) is 81.2 Å². The van der Waals surface area contributed by atoms with Gasteiger partial charge in [0.1, 0.15) is 0 Å². The second-order valence-electron chi connectivity index (χ2n) is 4.69. The van der Waals surface area contributed by atoms with E-state index in [0.29, 0.717) is 31.2 Å². The average molecular weight is 239 g/mol. The predicted molar refractivity (Wildman–Crippen MR) is 65.0 cm³/mol. The number of hydrogen-bond donors (Lipinski definition) is 2. The number of carbonyl (C=O) groups is 1. The summed E-state index contributed by atoms with van der Waals surface area (Å²) < 4.78 is 4.89. The molecule has 3 N–H and O–H groups in total. The smallest absolute Gasteiger partial charge is 0.220 e. The Labute approximate surface area is 102 Å². The minimum atomic E-state index is 0.0116.